The van der Waals surface area contributed by atoms with Gasteiger partial charge in [-0.25, -0.2) is 4.98 Å². The van der Waals surface area contributed by atoms with Crippen LogP contribution in [0.4, 0.5) is 11.6 Å². The molecule has 0 unspecified atom stereocenters. The SMILES string of the molecule is CCN(CC)CCCCNc1ncc2cc(-c3ccccc3Cl)c(=O)n(CCc3ccc(NC(=O)/C(C#N)=C\C(C)C)cc3)c2n1. The first kappa shape index (κ1) is 34.4. The number of unbranched alkanes of at least 4 members (excludes halogenated alkanes) is 1. The number of fused-ring (bicyclic) bond motifs is 1. The molecule has 2 aromatic carbocycles. The first-order chi connectivity index (χ1) is 22.2. The van der Waals surface area contributed by atoms with E-state index in [9.17, 15) is 14.9 Å². The summed E-state index contributed by atoms with van der Waals surface area (Å²) in [4.78, 5) is 38.2. The first-order valence-corrected chi connectivity index (χ1v) is 16.3. The molecule has 0 aliphatic carbocycles. The fourth-order valence-corrected chi connectivity index (χ4v) is 5.45. The Labute approximate surface area is 275 Å². The third kappa shape index (κ3) is 9.03. The summed E-state index contributed by atoms with van der Waals surface area (Å²) in [5, 5.41) is 16.7. The zero-order valence-electron chi connectivity index (χ0n) is 27.0. The maximum absolute atomic E-state index is 14.0. The maximum Gasteiger partial charge on any atom is 0.265 e. The van der Waals surface area contributed by atoms with Gasteiger partial charge in [0.25, 0.3) is 11.5 Å². The fraction of sp³-hybridized carbons (Fsp3) is 0.361. The highest BCUT2D eigenvalue weighted by atomic mass is 35.5. The molecule has 2 heterocycles. The number of benzene rings is 2. The van der Waals surface area contributed by atoms with Crippen LogP contribution in [-0.2, 0) is 17.8 Å². The van der Waals surface area contributed by atoms with Crippen LogP contribution < -0.4 is 16.2 Å². The van der Waals surface area contributed by atoms with Gasteiger partial charge in [0.2, 0.25) is 5.95 Å². The van der Waals surface area contributed by atoms with Crippen LogP contribution in [-0.4, -0.2) is 51.5 Å². The zero-order valence-corrected chi connectivity index (χ0v) is 27.8. The summed E-state index contributed by atoms with van der Waals surface area (Å²) in [7, 11) is 0. The van der Waals surface area contributed by atoms with Crippen molar-refractivity contribution >= 4 is 40.2 Å². The topological polar surface area (TPSA) is 116 Å². The minimum absolute atomic E-state index is 0.0819. The lowest BCUT2D eigenvalue weighted by Crippen LogP contribution is -2.25. The van der Waals surface area contributed by atoms with Gasteiger partial charge in [0, 0.05) is 46.5 Å². The van der Waals surface area contributed by atoms with Crippen LogP contribution >= 0.6 is 11.6 Å². The summed E-state index contributed by atoms with van der Waals surface area (Å²) in [6.45, 7) is 12.4. The van der Waals surface area contributed by atoms with Crippen molar-refractivity contribution in [2.75, 3.05) is 36.8 Å². The Balaban J connectivity index is 1.56. The van der Waals surface area contributed by atoms with Crippen LogP contribution in [0.2, 0.25) is 5.02 Å². The third-order valence-electron chi connectivity index (χ3n) is 7.77. The Morgan fingerprint density at radius 3 is 2.50 bits per heavy atom. The van der Waals surface area contributed by atoms with Gasteiger partial charge >= 0.3 is 0 Å². The molecule has 0 spiro atoms. The largest absolute Gasteiger partial charge is 0.354 e. The van der Waals surface area contributed by atoms with E-state index in [-0.39, 0.29) is 17.1 Å². The number of amides is 1. The predicted molar refractivity (Wildman–Crippen MR) is 187 cm³/mol. The van der Waals surface area contributed by atoms with Crippen LogP contribution in [0.1, 0.15) is 46.1 Å². The van der Waals surface area contributed by atoms with Crippen molar-refractivity contribution in [3.8, 4) is 17.2 Å². The number of hydrogen-bond donors (Lipinski definition) is 2. The molecule has 1 amide bonds. The molecule has 0 bridgehead atoms. The number of nitriles is 1. The molecule has 240 valence electrons. The van der Waals surface area contributed by atoms with E-state index >= 15 is 0 Å². The number of aryl methyl sites for hydroxylation is 2. The number of aromatic nitrogens is 3. The summed E-state index contributed by atoms with van der Waals surface area (Å²) in [5.41, 5.74) is 3.14. The van der Waals surface area contributed by atoms with E-state index in [1.54, 1.807) is 35.0 Å². The van der Waals surface area contributed by atoms with Crippen LogP contribution in [0.25, 0.3) is 22.2 Å². The van der Waals surface area contributed by atoms with E-state index in [1.165, 1.54) is 0 Å². The Morgan fingerprint density at radius 2 is 1.83 bits per heavy atom. The molecule has 2 N–H and O–H groups in total. The number of carbonyl (C=O) groups excluding carboxylic acids is 1. The van der Waals surface area contributed by atoms with Gasteiger partial charge < -0.3 is 15.5 Å². The average molecular weight is 640 g/mol. The highest BCUT2D eigenvalue weighted by Crippen LogP contribution is 2.27. The van der Waals surface area contributed by atoms with Gasteiger partial charge in [0.1, 0.15) is 17.3 Å². The first-order valence-electron chi connectivity index (χ1n) is 15.9. The molecule has 0 aliphatic rings. The minimum atomic E-state index is -0.439. The number of allylic oxidation sites excluding steroid dienone is 1. The second-order valence-electron chi connectivity index (χ2n) is 11.5. The molecular weight excluding hydrogens is 598 g/mol. The Morgan fingerprint density at radius 1 is 1.09 bits per heavy atom. The van der Waals surface area contributed by atoms with Gasteiger partial charge in [-0.05, 0) is 74.6 Å². The second kappa shape index (κ2) is 16.7. The molecular formula is C36H42ClN7O2. The highest BCUT2D eigenvalue weighted by molar-refractivity contribution is 6.33. The molecule has 0 radical (unpaired) electrons. The number of nitrogens with one attached hydrogen (secondary N) is 2. The van der Waals surface area contributed by atoms with Crippen molar-refractivity contribution in [1.29, 1.82) is 5.26 Å². The molecule has 0 atom stereocenters. The van der Waals surface area contributed by atoms with E-state index in [2.05, 4.69) is 34.4 Å². The fourth-order valence-electron chi connectivity index (χ4n) is 5.22. The maximum atomic E-state index is 14.0. The van der Waals surface area contributed by atoms with Crippen LogP contribution in [0.3, 0.4) is 0 Å². The molecule has 0 aliphatic heterocycles. The van der Waals surface area contributed by atoms with E-state index in [4.69, 9.17) is 16.6 Å². The monoisotopic (exact) mass is 639 g/mol. The normalized spacial score (nSPS) is 11.7. The Hall–Kier alpha value is -4.52. The Kier molecular flexibility index (Phi) is 12.5. The number of pyridine rings is 1. The van der Waals surface area contributed by atoms with Gasteiger partial charge in [0.05, 0.1) is 0 Å². The number of anilines is 2. The van der Waals surface area contributed by atoms with Crippen LogP contribution in [0.15, 0.2) is 77.2 Å². The van der Waals surface area contributed by atoms with Crippen LogP contribution in [0.5, 0.6) is 0 Å². The van der Waals surface area contributed by atoms with E-state index in [0.717, 1.165) is 50.0 Å². The molecule has 46 heavy (non-hydrogen) atoms. The lowest BCUT2D eigenvalue weighted by atomic mass is 10.1. The summed E-state index contributed by atoms with van der Waals surface area (Å²) in [6, 6.07) is 18.5. The number of rotatable bonds is 15. The van der Waals surface area contributed by atoms with Crippen molar-refractivity contribution in [2.24, 2.45) is 5.92 Å². The smallest absolute Gasteiger partial charge is 0.265 e. The number of hydrogen-bond acceptors (Lipinski definition) is 7. The predicted octanol–water partition coefficient (Wildman–Crippen LogP) is 6.93. The number of halogens is 1. The highest BCUT2D eigenvalue weighted by Gasteiger charge is 2.16. The van der Waals surface area contributed by atoms with Gasteiger partial charge in [-0.1, -0.05) is 75.7 Å². The lowest BCUT2D eigenvalue weighted by molar-refractivity contribution is -0.112. The molecule has 0 saturated carbocycles. The van der Waals surface area contributed by atoms with E-state index < -0.39 is 5.91 Å². The molecule has 4 rings (SSSR count). The minimum Gasteiger partial charge on any atom is -0.354 e. The van der Waals surface area contributed by atoms with E-state index in [1.807, 2.05) is 56.3 Å². The van der Waals surface area contributed by atoms with Crippen molar-refractivity contribution in [3.63, 3.8) is 0 Å². The van der Waals surface area contributed by atoms with Crippen LogP contribution in [0, 0.1) is 17.2 Å². The van der Waals surface area contributed by atoms with E-state index in [0.29, 0.717) is 46.4 Å². The summed E-state index contributed by atoms with van der Waals surface area (Å²) in [5.74, 6) is 0.127. The average Bonchev–Trinajstić information content (AvgIpc) is 3.05. The van der Waals surface area contributed by atoms with Gasteiger partial charge in [-0.3, -0.25) is 14.2 Å². The summed E-state index contributed by atoms with van der Waals surface area (Å²) in [6.07, 6.45) is 5.99. The van der Waals surface area contributed by atoms with Crippen molar-refractivity contribution in [3.05, 3.63) is 93.4 Å². The number of carbonyl (C=O) groups is 1. The molecule has 0 saturated heterocycles. The zero-order chi connectivity index (χ0) is 33.1. The van der Waals surface area contributed by atoms with Gasteiger partial charge in [0.15, 0.2) is 0 Å². The molecule has 2 aromatic heterocycles. The second-order valence-corrected chi connectivity index (χ2v) is 11.9. The molecule has 0 fully saturated rings. The van der Waals surface area contributed by atoms with Gasteiger partial charge in [-0.2, -0.15) is 10.2 Å². The summed E-state index contributed by atoms with van der Waals surface area (Å²) < 4.78 is 1.69. The standard InChI is InChI=1S/C36H42ClN7O2/c1-5-43(6-2)19-10-9-18-39-36-40-24-28-22-31(30-11-7-8-12-32(30)37)35(46)44(33(28)42-36)20-17-26-13-15-29(16-14-26)41-34(45)27(23-38)21-25(3)4/h7-8,11-16,21-22,24-25H,5-6,9-10,17-20H2,1-4H3,(H,41,45)(H,39,40,42)/b27-21-. The molecule has 10 heteroatoms. The van der Waals surface area contributed by atoms with Crippen molar-refractivity contribution in [2.45, 2.75) is 53.5 Å². The Bertz CT molecular complexity index is 1770. The lowest BCUT2D eigenvalue weighted by Gasteiger charge is -2.17. The van der Waals surface area contributed by atoms with Crippen molar-refractivity contribution < 1.29 is 4.79 Å². The molecule has 4 aromatic rings. The van der Waals surface area contributed by atoms with Crippen molar-refractivity contribution in [1.82, 2.24) is 19.4 Å². The quantitative estimate of drug-likeness (QED) is 0.0823. The number of nitrogens with zero attached hydrogens (tertiary/aromatic N) is 5. The van der Waals surface area contributed by atoms with Gasteiger partial charge in [-0.15, -0.1) is 0 Å². The summed E-state index contributed by atoms with van der Waals surface area (Å²) >= 11 is 6.51. The molecule has 9 nitrogen and oxygen atoms in total. The third-order valence-corrected chi connectivity index (χ3v) is 8.10.